The van der Waals surface area contributed by atoms with Crippen molar-refractivity contribution in [2.45, 2.75) is 13.5 Å². The Balaban J connectivity index is 1.89. The van der Waals surface area contributed by atoms with Gasteiger partial charge in [0.1, 0.15) is 12.3 Å². The van der Waals surface area contributed by atoms with Gasteiger partial charge < -0.3 is 18.5 Å². The highest BCUT2D eigenvalue weighted by Gasteiger charge is 2.26. The second-order valence-electron chi connectivity index (χ2n) is 5.74. The zero-order valence-corrected chi connectivity index (χ0v) is 16.4. The molecular weight excluding hydrogens is 416 g/mol. The highest BCUT2D eigenvalue weighted by Crippen LogP contribution is 2.23. The number of carbonyl (C=O) groups excluding carboxylic acids is 2. The number of benzene rings is 1. The van der Waals surface area contributed by atoms with E-state index in [1.165, 1.54) is 12.0 Å². The molecule has 0 radical (unpaired) electrons. The Hall–Kier alpha value is -2.87. The topological polar surface area (TPSA) is 85.8 Å². The first kappa shape index (κ1) is 18.9. The molecule has 0 aliphatic heterocycles. The molecule has 0 spiro atoms. The summed E-state index contributed by atoms with van der Waals surface area (Å²) in [6.07, 6.45) is 0. The van der Waals surface area contributed by atoms with Crippen molar-refractivity contribution in [3.8, 4) is 11.5 Å². The van der Waals surface area contributed by atoms with Crippen LogP contribution in [0.5, 0.6) is 0 Å². The van der Waals surface area contributed by atoms with E-state index >= 15 is 0 Å². The number of ether oxygens (including phenoxy) is 1. The van der Waals surface area contributed by atoms with Gasteiger partial charge in [0.05, 0.1) is 19.3 Å². The van der Waals surface area contributed by atoms with Crippen LogP contribution in [0, 0.1) is 6.92 Å². The minimum atomic E-state index is -0.547. The third kappa shape index (κ3) is 4.46. The molecule has 0 saturated heterocycles. The predicted molar refractivity (Wildman–Crippen MR) is 99.8 cm³/mol. The van der Waals surface area contributed by atoms with Crippen LogP contribution in [0.2, 0.25) is 0 Å². The van der Waals surface area contributed by atoms with Crippen molar-refractivity contribution >= 4 is 27.8 Å². The molecule has 0 fully saturated rings. The van der Waals surface area contributed by atoms with Gasteiger partial charge >= 0.3 is 5.97 Å². The van der Waals surface area contributed by atoms with Crippen LogP contribution in [-0.2, 0) is 16.1 Å². The first-order chi connectivity index (χ1) is 13.0. The third-order valence-electron chi connectivity index (χ3n) is 3.82. The maximum atomic E-state index is 13.0. The van der Waals surface area contributed by atoms with E-state index in [4.69, 9.17) is 13.6 Å². The van der Waals surface area contributed by atoms with Crippen molar-refractivity contribution in [2.24, 2.45) is 0 Å². The molecular formula is C19H17BrN2O5. The van der Waals surface area contributed by atoms with E-state index in [1.54, 1.807) is 19.1 Å². The van der Waals surface area contributed by atoms with Crippen LogP contribution >= 0.6 is 15.9 Å². The number of esters is 1. The molecule has 140 valence electrons. The van der Waals surface area contributed by atoms with Crippen molar-refractivity contribution in [3.05, 3.63) is 64.3 Å². The number of aryl methyl sites for hydroxylation is 1. The number of furan rings is 1. The number of aromatic nitrogens is 1. The van der Waals surface area contributed by atoms with Crippen molar-refractivity contribution in [2.75, 3.05) is 13.7 Å². The van der Waals surface area contributed by atoms with E-state index in [0.717, 1.165) is 5.56 Å². The third-order valence-corrected chi connectivity index (χ3v) is 4.25. The van der Waals surface area contributed by atoms with Crippen LogP contribution < -0.4 is 0 Å². The normalized spacial score (nSPS) is 10.6. The largest absolute Gasteiger partial charge is 0.468 e. The Labute approximate surface area is 164 Å². The highest BCUT2D eigenvalue weighted by molar-refractivity contribution is 9.10. The molecule has 0 bridgehead atoms. The van der Waals surface area contributed by atoms with Crippen LogP contribution in [0.4, 0.5) is 0 Å². The van der Waals surface area contributed by atoms with E-state index in [9.17, 15) is 9.59 Å². The van der Waals surface area contributed by atoms with Crippen molar-refractivity contribution in [1.29, 1.82) is 0 Å². The van der Waals surface area contributed by atoms with Crippen LogP contribution in [0.15, 0.2) is 56.0 Å². The minimum Gasteiger partial charge on any atom is -0.468 e. The number of methoxy groups -OCH3 is 1. The Morgan fingerprint density at radius 3 is 2.52 bits per heavy atom. The Kier molecular flexibility index (Phi) is 5.75. The van der Waals surface area contributed by atoms with Gasteiger partial charge in [-0.15, -0.1) is 0 Å². The van der Waals surface area contributed by atoms with Gasteiger partial charge in [-0.2, -0.15) is 0 Å². The standard InChI is InChI=1S/C19H17BrN2O5/c1-12-17(27-18(21-12)13-6-4-3-5-7-13)19(24)22(11-16(23)25-2)10-14-8-9-15(20)26-14/h3-9H,10-11H2,1-2H3. The van der Waals surface area contributed by atoms with Gasteiger partial charge in [0.15, 0.2) is 4.67 Å². The van der Waals surface area contributed by atoms with Crippen LogP contribution in [-0.4, -0.2) is 35.4 Å². The van der Waals surface area contributed by atoms with Gasteiger partial charge in [0, 0.05) is 5.56 Å². The molecule has 3 rings (SSSR count). The van der Waals surface area contributed by atoms with Crippen LogP contribution in [0.1, 0.15) is 22.0 Å². The van der Waals surface area contributed by atoms with E-state index in [1.807, 2.05) is 30.3 Å². The minimum absolute atomic E-state index is 0.0726. The van der Waals surface area contributed by atoms with Crippen LogP contribution in [0.25, 0.3) is 11.5 Å². The molecule has 0 atom stereocenters. The Morgan fingerprint density at radius 2 is 1.89 bits per heavy atom. The van der Waals surface area contributed by atoms with E-state index in [2.05, 4.69) is 20.9 Å². The summed E-state index contributed by atoms with van der Waals surface area (Å²) in [6, 6.07) is 12.7. The fourth-order valence-electron chi connectivity index (χ4n) is 2.49. The van der Waals surface area contributed by atoms with E-state index in [-0.39, 0.29) is 18.8 Å². The quantitative estimate of drug-likeness (QED) is 0.550. The molecule has 7 nitrogen and oxygen atoms in total. The molecule has 3 aromatic rings. The molecule has 0 unspecified atom stereocenters. The molecule has 0 saturated carbocycles. The molecule has 0 aliphatic carbocycles. The molecule has 27 heavy (non-hydrogen) atoms. The SMILES string of the molecule is COC(=O)CN(Cc1ccc(Br)o1)C(=O)c1oc(-c2ccccc2)nc1C. The molecule has 1 amide bonds. The molecule has 1 aromatic carbocycles. The van der Waals surface area contributed by atoms with Gasteiger partial charge in [-0.25, -0.2) is 4.98 Å². The maximum Gasteiger partial charge on any atom is 0.325 e. The Morgan fingerprint density at radius 1 is 1.15 bits per heavy atom. The van der Waals surface area contributed by atoms with E-state index in [0.29, 0.717) is 22.0 Å². The van der Waals surface area contributed by atoms with E-state index < -0.39 is 11.9 Å². The zero-order chi connectivity index (χ0) is 19.4. The van der Waals surface area contributed by atoms with Crippen molar-refractivity contribution in [1.82, 2.24) is 9.88 Å². The number of hydrogen-bond donors (Lipinski definition) is 0. The highest BCUT2D eigenvalue weighted by atomic mass is 79.9. The Bertz CT molecular complexity index is 948. The monoisotopic (exact) mass is 432 g/mol. The van der Waals surface area contributed by atoms with Gasteiger partial charge in [-0.1, -0.05) is 18.2 Å². The average molecular weight is 433 g/mol. The fraction of sp³-hybridized carbons (Fsp3) is 0.211. The molecule has 2 heterocycles. The second-order valence-corrected chi connectivity index (χ2v) is 6.52. The van der Waals surface area contributed by atoms with Gasteiger partial charge in [-0.05, 0) is 47.1 Å². The lowest BCUT2D eigenvalue weighted by Crippen LogP contribution is -2.35. The lowest BCUT2D eigenvalue weighted by molar-refractivity contribution is -0.141. The molecule has 0 N–H and O–H groups in total. The summed E-state index contributed by atoms with van der Waals surface area (Å²) >= 11 is 3.22. The number of rotatable bonds is 6. The van der Waals surface area contributed by atoms with Gasteiger partial charge in [0.2, 0.25) is 11.7 Å². The number of carbonyl (C=O) groups is 2. The summed E-state index contributed by atoms with van der Waals surface area (Å²) in [5, 5.41) is 0. The smallest absolute Gasteiger partial charge is 0.325 e. The number of hydrogen-bond acceptors (Lipinski definition) is 6. The number of nitrogens with zero attached hydrogens (tertiary/aromatic N) is 2. The van der Waals surface area contributed by atoms with Gasteiger partial charge in [-0.3, -0.25) is 9.59 Å². The summed E-state index contributed by atoms with van der Waals surface area (Å²) in [7, 11) is 1.27. The molecule has 0 aliphatic rings. The number of amides is 1. The second kappa shape index (κ2) is 8.22. The maximum absolute atomic E-state index is 13.0. The molecule has 8 heteroatoms. The number of halogens is 1. The van der Waals surface area contributed by atoms with Crippen molar-refractivity contribution in [3.63, 3.8) is 0 Å². The lowest BCUT2D eigenvalue weighted by Gasteiger charge is -2.19. The lowest BCUT2D eigenvalue weighted by atomic mass is 10.2. The fourth-order valence-corrected chi connectivity index (χ4v) is 2.83. The first-order valence-corrected chi connectivity index (χ1v) is 8.90. The summed E-state index contributed by atoms with van der Waals surface area (Å²) in [5.74, 6) is -0.0901. The van der Waals surface area contributed by atoms with Gasteiger partial charge in [0.25, 0.3) is 5.91 Å². The number of oxazole rings is 1. The molecule has 2 aromatic heterocycles. The predicted octanol–water partition coefficient (Wildman–Crippen LogP) is 3.82. The summed E-state index contributed by atoms with van der Waals surface area (Å²) in [6.45, 7) is 1.53. The summed E-state index contributed by atoms with van der Waals surface area (Å²) in [4.78, 5) is 30.4. The average Bonchev–Trinajstić information content (AvgIpc) is 3.26. The van der Waals surface area contributed by atoms with Crippen LogP contribution in [0.3, 0.4) is 0 Å². The summed E-state index contributed by atoms with van der Waals surface area (Å²) < 4.78 is 16.4. The summed E-state index contributed by atoms with van der Waals surface area (Å²) in [5.41, 5.74) is 1.20. The first-order valence-electron chi connectivity index (χ1n) is 8.11. The zero-order valence-electron chi connectivity index (χ0n) is 14.8. The van der Waals surface area contributed by atoms with Crippen molar-refractivity contribution < 1.29 is 23.2 Å².